The fourth-order valence-electron chi connectivity index (χ4n) is 3.95. The van der Waals surface area contributed by atoms with Crippen LogP contribution in [-0.4, -0.2) is 60.7 Å². The van der Waals surface area contributed by atoms with Crippen LogP contribution in [0.15, 0.2) is 6.33 Å². The second-order valence-corrected chi connectivity index (χ2v) is 9.57. The summed E-state index contributed by atoms with van der Waals surface area (Å²) >= 11 is 1.67. The summed E-state index contributed by atoms with van der Waals surface area (Å²) in [5.41, 5.74) is 1.89. The Balaban J connectivity index is 1.72. The first-order chi connectivity index (χ1) is 13.2. The average Bonchev–Trinajstić information content (AvgIpc) is 3.12. The molecule has 0 fully saturated rings. The van der Waals surface area contributed by atoms with Gasteiger partial charge in [0.2, 0.25) is 5.82 Å². The highest BCUT2D eigenvalue weighted by molar-refractivity contribution is 7.19. The highest BCUT2D eigenvalue weighted by atomic mass is 32.1. The van der Waals surface area contributed by atoms with Gasteiger partial charge in [0.15, 0.2) is 5.65 Å². The van der Waals surface area contributed by atoms with Gasteiger partial charge < -0.3 is 19.8 Å². The van der Waals surface area contributed by atoms with E-state index >= 15 is 0 Å². The molecule has 28 heavy (non-hydrogen) atoms. The standard InChI is InChI=1S/C19H27N5O3S/c1-11(25)6-23(7-12(2)26)8-15-21-17-16-13-5-19(3,4)27-9-14(13)28-18(16)20-10-24(17)22-15/h10-12,25-26H,5-9H2,1-4H3/p+1/t11-,12-/m0/s1. The van der Waals surface area contributed by atoms with Crippen LogP contribution in [0.2, 0.25) is 0 Å². The molecule has 4 heterocycles. The minimum atomic E-state index is -0.453. The molecule has 0 saturated carbocycles. The largest absolute Gasteiger partial charge is 0.388 e. The molecule has 3 aromatic heterocycles. The van der Waals surface area contributed by atoms with Gasteiger partial charge in [0.05, 0.1) is 17.6 Å². The number of rotatable bonds is 6. The maximum Gasteiger partial charge on any atom is 0.206 e. The van der Waals surface area contributed by atoms with Crippen molar-refractivity contribution in [2.75, 3.05) is 13.1 Å². The maximum atomic E-state index is 9.78. The summed E-state index contributed by atoms with van der Waals surface area (Å²) in [4.78, 5) is 12.6. The molecule has 152 valence electrons. The molecule has 0 unspecified atom stereocenters. The zero-order chi connectivity index (χ0) is 20.1. The van der Waals surface area contributed by atoms with Crippen LogP contribution in [0.25, 0.3) is 15.9 Å². The van der Waals surface area contributed by atoms with E-state index in [2.05, 4.69) is 23.9 Å². The number of thiophene rings is 1. The molecule has 3 aromatic rings. The third kappa shape index (κ3) is 3.90. The summed E-state index contributed by atoms with van der Waals surface area (Å²) < 4.78 is 7.70. The molecule has 8 nitrogen and oxygen atoms in total. The molecule has 1 aliphatic rings. The van der Waals surface area contributed by atoms with E-state index < -0.39 is 12.2 Å². The van der Waals surface area contributed by atoms with E-state index in [1.807, 2.05) is 0 Å². The number of aliphatic hydroxyl groups is 2. The van der Waals surface area contributed by atoms with Gasteiger partial charge in [0.25, 0.3) is 0 Å². The number of nitrogens with zero attached hydrogens (tertiary/aromatic N) is 4. The van der Waals surface area contributed by atoms with Crippen molar-refractivity contribution in [3.63, 3.8) is 0 Å². The lowest BCUT2D eigenvalue weighted by molar-refractivity contribution is -0.920. The van der Waals surface area contributed by atoms with E-state index in [0.717, 1.165) is 27.2 Å². The Morgan fingerprint density at radius 3 is 2.68 bits per heavy atom. The average molecular weight is 407 g/mol. The summed E-state index contributed by atoms with van der Waals surface area (Å²) in [6.45, 7) is 9.95. The topological polar surface area (TPSA) is 97.2 Å². The van der Waals surface area contributed by atoms with Crippen molar-refractivity contribution in [3.8, 4) is 0 Å². The lowest BCUT2D eigenvalue weighted by Crippen LogP contribution is -3.12. The second-order valence-electron chi connectivity index (χ2n) is 8.48. The van der Waals surface area contributed by atoms with Crippen LogP contribution in [0.5, 0.6) is 0 Å². The van der Waals surface area contributed by atoms with E-state index in [1.165, 1.54) is 10.4 Å². The van der Waals surface area contributed by atoms with E-state index in [9.17, 15) is 10.2 Å². The van der Waals surface area contributed by atoms with E-state index in [4.69, 9.17) is 9.72 Å². The number of aliphatic hydroxyl groups excluding tert-OH is 2. The molecule has 9 heteroatoms. The molecule has 1 aliphatic heterocycles. The number of fused-ring (bicyclic) bond motifs is 5. The fraction of sp³-hybridized carbons (Fsp3) is 0.632. The predicted molar refractivity (Wildman–Crippen MR) is 106 cm³/mol. The van der Waals surface area contributed by atoms with Crippen LogP contribution in [0.1, 0.15) is 44.0 Å². The summed E-state index contributed by atoms with van der Waals surface area (Å²) in [6, 6.07) is 0. The molecule has 0 spiro atoms. The highest BCUT2D eigenvalue weighted by Gasteiger charge is 2.31. The third-order valence-corrected chi connectivity index (χ3v) is 6.14. The van der Waals surface area contributed by atoms with Crippen LogP contribution < -0.4 is 4.90 Å². The molecule has 0 bridgehead atoms. The minimum absolute atomic E-state index is 0.202. The zero-order valence-electron chi connectivity index (χ0n) is 16.8. The Kier molecular flexibility index (Phi) is 5.13. The van der Waals surface area contributed by atoms with E-state index in [1.54, 1.807) is 36.0 Å². The van der Waals surface area contributed by atoms with E-state index in [0.29, 0.717) is 32.1 Å². The van der Waals surface area contributed by atoms with Crippen molar-refractivity contribution in [2.24, 2.45) is 0 Å². The molecule has 0 aromatic carbocycles. The van der Waals surface area contributed by atoms with Gasteiger partial charge in [-0.3, -0.25) is 0 Å². The Bertz CT molecular complexity index is 984. The van der Waals surface area contributed by atoms with Crippen molar-refractivity contribution in [1.29, 1.82) is 0 Å². The number of nitrogens with one attached hydrogen (secondary N) is 1. The zero-order valence-corrected chi connectivity index (χ0v) is 17.6. The molecule has 0 amide bonds. The van der Waals surface area contributed by atoms with Crippen molar-refractivity contribution < 1.29 is 19.8 Å². The summed E-state index contributed by atoms with van der Waals surface area (Å²) in [7, 11) is 0. The first-order valence-corrected chi connectivity index (χ1v) is 10.5. The van der Waals surface area contributed by atoms with Gasteiger partial charge in [-0.15, -0.1) is 16.4 Å². The van der Waals surface area contributed by atoms with Crippen LogP contribution >= 0.6 is 11.3 Å². The predicted octanol–water partition coefficient (Wildman–Crippen LogP) is 0.337. The molecule has 0 radical (unpaired) electrons. The SMILES string of the molecule is C[C@H](O)C[NH+](Cc1nc2c3c4c(sc3ncn2n1)COC(C)(C)C4)C[C@H](C)O. The van der Waals surface area contributed by atoms with E-state index in [-0.39, 0.29) is 5.60 Å². The van der Waals surface area contributed by atoms with Crippen LogP contribution in [0.3, 0.4) is 0 Å². The lowest BCUT2D eigenvalue weighted by atomic mass is 9.94. The quantitative estimate of drug-likeness (QED) is 0.546. The van der Waals surface area contributed by atoms with Gasteiger partial charge in [-0.1, -0.05) is 0 Å². The second kappa shape index (κ2) is 7.31. The fourth-order valence-corrected chi connectivity index (χ4v) is 5.01. The van der Waals surface area contributed by atoms with Crippen LogP contribution in [-0.2, 0) is 24.3 Å². The normalized spacial score (nSPS) is 18.7. The number of aromatic nitrogens is 4. The Labute approximate surface area is 167 Å². The number of hydrogen-bond acceptors (Lipinski definition) is 7. The van der Waals surface area contributed by atoms with Gasteiger partial charge in [0.1, 0.15) is 43.0 Å². The summed E-state index contributed by atoms with van der Waals surface area (Å²) in [5.74, 6) is 0.692. The summed E-state index contributed by atoms with van der Waals surface area (Å²) in [6.07, 6.45) is 1.63. The van der Waals surface area contributed by atoms with Gasteiger partial charge in [-0.25, -0.2) is 14.5 Å². The van der Waals surface area contributed by atoms with Crippen LogP contribution in [0, 0.1) is 0 Å². The lowest BCUT2D eigenvalue weighted by Gasteiger charge is -2.30. The number of hydrogen-bond donors (Lipinski definition) is 3. The number of quaternary nitrogens is 1. The Morgan fingerprint density at radius 2 is 2.00 bits per heavy atom. The minimum Gasteiger partial charge on any atom is -0.388 e. The Morgan fingerprint density at radius 1 is 1.29 bits per heavy atom. The first kappa shape index (κ1) is 19.7. The van der Waals surface area contributed by atoms with Gasteiger partial charge >= 0.3 is 0 Å². The molecule has 3 N–H and O–H groups in total. The van der Waals surface area contributed by atoms with Crippen LogP contribution in [0.4, 0.5) is 0 Å². The molecule has 2 atom stereocenters. The third-order valence-electron chi connectivity index (χ3n) is 5.03. The van der Waals surface area contributed by atoms with Gasteiger partial charge in [-0.05, 0) is 33.3 Å². The van der Waals surface area contributed by atoms with Gasteiger partial charge in [-0.2, -0.15) is 0 Å². The molecule has 4 rings (SSSR count). The molecule has 0 saturated heterocycles. The molecule has 0 aliphatic carbocycles. The smallest absolute Gasteiger partial charge is 0.206 e. The Hall–Kier alpha value is -1.65. The van der Waals surface area contributed by atoms with Crippen molar-refractivity contribution in [3.05, 3.63) is 22.6 Å². The first-order valence-electron chi connectivity index (χ1n) is 9.70. The van der Waals surface area contributed by atoms with Crippen molar-refractivity contribution >= 4 is 27.2 Å². The maximum absolute atomic E-state index is 9.78. The van der Waals surface area contributed by atoms with Gasteiger partial charge in [0, 0.05) is 11.3 Å². The monoisotopic (exact) mass is 406 g/mol. The highest BCUT2D eigenvalue weighted by Crippen LogP contribution is 2.39. The summed E-state index contributed by atoms with van der Waals surface area (Å²) in [5, 5.41) is 25.2. The number of ether oxygens (including phenoxy) is 1. The molecular formula is C19H28N5O3S+. The molecular weight excluding hydrogens is 378 g/mol. The van der Waals surface area contributed by atoms with Crippen molar-refractivity contribution in [1.82, 2.24) is 19.6 Å². The van der Waals surface area contributed by atoms with Crippen molar-refractivity contribution in [2.45, 2.75) is 65.1 Å².